The summed E-state index contributed by atoms with van der Waals surface area (Å²) in [5, 5.41) is 37.5. The Hall–Kier alpha value is -4.38. The first-order valence-corrected chi connectivity index (χ1v) is 13.3. The van der Waals surface area contributed by atoms with E-state index in [1.165, 1.54) is 24.3 Å². The van der Waals surface area contributed by atoms with Crippen LogP contribution in [-0.4, -0.2) is 39.9 Å². The number of anilines is 1. The number of nitrogens with two attached hydrogens (primary N) is 1. The molecule has 0 radical (unpaired) electrons. The predicted octanol–water partition coefficient (Wildman–Crippen LogP) is 7.06. The third-order valence-corrected chi connectivity index (χ3v) is 4.75. The molecule has 226 valence electrons. The summed E-state index contributed by atoms with van der Waals surface area (Å²) < 4.78 is 10.8. The van der Waals surface area contributed by atoms with Crippen molar-refractivity contribution in [1.29, 1.82) is 0 Å². The van der Waals surface area contributed by atoms with Crippen molar-refractivity contribution in [3.63, 3.8) is 0 Å². The molecule has 0 aliphatic carbocycles. The molecule has 0 saturated carbocycles. The zero-order chi connectivity index (χ0) is 31.4. The summed E-state index contributed by atoms with van der Waals surface area (Å²) in [5.74, 6) is 1.37. The van der Waals surface area contributed by atoms with Crippen LogP contribution in [0.3, 0.4) is 0 Å². The highest BCUT2D eigenvalue weighted by atomic mass is 16.6. The maximum atomic E-state index is 10.5. The van der Waals surface area contributed by atoms with Gasteiger partial charge in [0.05, 0.1) is 35.2 Å². The van der Waals surface area contributed by atoms with Crippen molar-refractivity contribution in [2.24, 2.45) is 0 Å². The number of benzene rings is 3. The number of ether oxygens (including phenoxy) is 2. The summed E-state index contributed by atoms with van der Waals surface area (Å²) in [5.41, 5.74) is 9.07. The van der Waals surface area contributed by atoms with Crippen LogP contribution >= 0.6 is 0 Å². The Bertz CT molecular complexity index is 1180. The Morgan fingerprint density at radius 2 is 1.10 bits per heavy atom. The lowest BCUT2D eigenvalue weighted by Gasteiger charge is -2.06. The van der Waals surface area contributed by atoms with Gasteiger partial charge in [0.15, 0.2) is 0 Å². The van der Waals surface area contributed by atoms with Crippen molar-refractivity contribution in [2.45, 2.75) is 60.8 Å². The van der Waals surface area contributed by atoms with Gasteiger partial charge in [0.2, 0.25) is 0 Å². The molecule has 0 fully saturated rings. The largest absolute Gasteiger partial charge is 0.508 e. The smallest absolute Gasteiger partial charge is 0.273 e. The third kappa shape index (κ3) is 17.0. The topological polar surface area (TPSA) is 171 Å². The fourth-order valence-electron chi connectivity index (χ4n) is 3.07. The van der Waals surface area contributed by atoms with E-state index in [4.69, 9.17) is 25.4 Å². The van der Waals surface area contributed by atoms with Crippen molar-refractivity contribution >= 4 is 17.1 Å². The Morgan fingerprint density at radius 3 is 1.49 bits per heavy atom. The monoisotopic (exact) mass is 573 g/mol. The summed E-state index contributed by atoms with van der Waals surface area (Å²) in [6.07, 6.45) is 2.79. The van der Waals surface area contributed by atoms with Gasteiger partial charge >= 0.3 is 0 Å². The summed E-state index contributed by atoms with van der Waals surface area (Å²) in [7, 11) is 0. The maximum absolute atomic E-state index is 10.5. The molecular formula is C30H43N3O8. The zero-order valence-electron chi connectivity index (χ0n) is 24.8. The van der Waals surface area contributed by atoms with Gasteiger partial charge in [-0.15, -0.1) is 0 Å². The minimum atomic E-state index is -0.535. The number of phenolic OH excluding ortho intramolecular Hbond substituents is 1. The molecule has 4 N–H and O–H groups in total. The highest BCUT2D eigenvalue weighted by Crippen LogP contribution is 2.22. The second-order valence-corrected chi connectivity index (χ2v) is 9.05. The molecule has 3 aromatic rings. The van der Waals surface area contributed by atoms with E-state index in [9.17, 15) is 20.2 Å². The van der Waals surface area contributed by atoms with Crippen LogP contribution in [0.15, 0.2) is 54.6 Å². The van der Waals surface area contributed by atoms with Gasteiger partial charge in [0, 0.05) is 30.5 Å². The number of hydrogen-bond donors (Lipinski definition) is 3. The number of nitro benzene ring substituents is 2. The number of phenols is 1. The molecule has 3 aromatic carbocycles. The summed E-state index contributed by atoms with van der Waals surface area (Å²) >= 11 is 0. The number of nitrogens with zero attached hydrogens (tertiary/aromatic N) is 2. The molecule has 11 heteroatoms. The molecular weight excluding hydrogens is 530 g/mol. The van der Waals surface area contributed by atoms with Crippen LogP contribution in [0.2, 0.25) is 0 Å². The van der Waals surface area contributed by atoms with Crippen LogP contribution in [-0.2, 0) is 0 Å². The Kier molecular flexibility index (Phi) is 18.3. The van der Waals surface area contributed by atoms with Gasteiger partial charge in [0.25, 0.3) is 11.4 Å². The molecule has 0 saturated heterocycles. The fraction of sp³-hybridized carbons (Fsp3) is 0.400. The average molecular weight is 574 g/mol. The van der Waals surface area contributed by atoms with E-state index in [2.05, 4.69) is 6.92 Å². The molecule has 0 amide bonds. The second-order valence-electron chi connectivity index (χ2n) is 9.05. The van der Waals surface area contributed by atoms with Gasteiger partial charge in [0.1, 0.15) is 17.2 Å². The van der Waals surface area contributed by atoms with Crippen molar-refractivity contribution in [1.82, 2.24) is 0 Å². The van der Waals surface area contributed by atoms with E-state index in [1.54, 1.807) is 13.0 Å². The highest BCUT2D eigenvalue weighted by Gasteiger charge is 2.08. The van der Waals surface area contributed by atoms with Crippen molar-refractivity contribution in [3.8, 4) is 17.2 Å². The second kappa shape index (κ2) is 20.5. The number of aromatic hydroxyl groups is 1. The number of non-ortho nitro benzene ring substituents is 2. The Balaban J connectivity index is 0.000000552. The van der Waals surface area contributed by atoms with Crippen LogP contribution in [0.4, 0.5) is 17.1 Å². The van der Waals surface area contributed by atoms with E-state index >= 15 is 0 Å². The SMILES string of the molecule is CCCO.CCCOc1cc(C)cc(N)c1.CCCOc1cc(C)cc([N+](=O)[O-])c1.Cc1cc(O)cc([N+](=O)[O-])c1. The average Bonchev–Trinajstić information content (AvgIpc) is 2.90. The van der Waals surface area contributed by atoms with Crippen LogP contribution in [0.25, 0.3) is 0 Å². The molecule has 0 bridgehead atoms. The summed E-state index contributed by atoms with van der Waals surface area (Å²) in [6, 6.07) is 14.5. The normalized spacial score (nSPS) is 9.54. The first-order valence-electron chi connectivity index (χ1n) is 13.3. The quantitative estimate of drug-likeness (QED) is 0.138. The number of nitrogen functional groups attached to an aromatic ring is 1. The number of aliphatic hydroxyl groups is 1. The summed E-state index contributed by atoms with van der Waals surface area (Å²) in [4.78, 5) is 19.8. The molecule has 0 aliphatic heterocycles. The minimum absolute atomic E-state index is 0.0725. The number of aryl methyl sites for hydroxylation is 3. The van der Waals surface area contributed by atoms with Gasteiger partial charge in [-0.1, -0.05) is 20.8 Å². The lowest BCUT2D eigenvalue weighted by molar-refractivity contribution is -0.385. The van der Waals surface area contributed by atoms with E-state index in [-0.39, 0.29) is 17.1 Å². The molecule has 3 rings (SSSR count). The first kappa shape index (κ1) is 36.6. The maximum Gasteiger partial charge on any atom is 0.273 e. The molecule has 0 spiro atoms. The van der Waals surface area contributed by atoms with Crippen LogP contribution in [0.1, 0.15) is 56.7 Å². The van der Waals surface area contributed by atoms with Gasteiger partial charge < -0.3 is 25.4 Å². The van der Waals surface area contributed by atoms with Crippen LogP contribution in [0, 0.1) is 41.0 Å². The number of aliphatic hydroxyl groups excluding tert-OH is 1. The Labute approximate surface area is 241 Å². The molecule has 0 unspecified atom stereocenters. The van der Waals surface area contributed by atoms with Gasteiger partial charge in [-0.05, 0) is 81.0 Å². The number of nitro groups is 2. The van der Waals surface area contributed by atoms with E-state index in [0.29, 0.717) is 24.5 Å². The predicted molar refractivity (Wildman–Crippen MR) is 162 cm³/mol. The van der Waals surface area contributed by atoms with Crippen molar-refractivity contribution < 1.29 is 29.5 Å². The van der Waals surface area contributed by atoms with Gasteiger partial charge in [-0.3, -0.25) is 20.2 Å². The third-order valence-electron chi connectivity index (χ3n) is 4.75. The zero-order valence-corrected chi connectivity index (χ0v) is 24.8. The summed E-state index contributed by atoms with van der Waals surface area (Å²) in [6.45, 7) is 13.2. The van der Waals surface area contributed by atoms with Gasteiger partial charge in [-0.25, -0.2) is 0 Å². The first-order chi connectivity index (χ1) is 19.4. The van der Waals surface area contributed by atoms with Crippen molar-refractivity contribution in [3.05, 3.63) is 91.5 Å². The number of hydrogen-bond acceptors (Lipinski definition) is 9. The van der Waals surface area contributed by atoms with Crippen molar-refractivity contribution in [2.75, 3.05) is 25.6 Å². The fourth-order valence-corrected chi connectivity index (χ4v) is 3.07. The van der Waals surface area contributed by atoms with Crippen LogP contribution < -0.4 is 15.2 Å². The van der Waals surface area contributed by atoms with E-state index in [1.807, 2.05) is 45.9 Å². The molecule has 0 heterocycles. The molecule has 0 aliphatic rings. The molecule has 0 atom stereocenters. The lowest BCUT2D eigenvalue weighted by atomic mass is 10.2. The molecule has 0 aromatic heterocycles. The van der Waals surface area contributed by atoms with Crippen LogP contribution in [0.5, 0.6) is 17.2 Å². The standard InChI is InChI=1S/C10H13NO3.C10H15NO.C7H7NO3.C3H8O/c1-3-4-14-10-6-8(2)5-9(7-10)11(12)13;1-3-4-12-10-6-8(2)5-9(11)7-10;1-5-2-6(8(10)11)4-7(9)3-5;1-2-3-4/h5-7H,3-4H2,1-2H3;5-7H,3-4,11H2,1-2H3;2-4,9H,1H3;4H,2-3H2,1H3. The molecule has 41 heavy (non-hydrogen) atoms. The van der Waals surface area contributed by atoms with E-state index in [0.717, 1.165) is 54.5 Å². The van der Waals surface area contributed by atoms with E-state index < -0.39 is 9.85 Å². The number of rotatable bonds is 9. The van der Waals surface area contributed by atoms with Gasteiger partial charge in [-0.2, -0.15) is 0 Å². The Morgan fingerprint density at radius 1 is 0.683 bits per heavy atom. The molecule has 11 nitrogen and oxygen atoms in total. The lowest BCUT2D eigenvalue weighted by Crippen LogP contribution is -1.96. The highest BCUT2D eigenvalue weighted by molar-refractivity contribution is 5.47. The minimum Gasteiger partial charge on any atom is -0.508 e.